The number of carbonyl (C=O) groups excluding carboxylic acids is 1. The number of alkyl halides is 3. The standard InChI is InChI=1S/C22H21ClF2N4O2/c1-14-12-19(28-27-14)18-13-15(4-9-20(18)29-10-2-3-11-29)21(30)26-16-5-7-17(8-6-16)31-22(23,24)25/h4-9,12-13H,2-3,10-11H2,1H3,(H,26,30)(H,27,28). The van der Waals surface area contributed by atoms with Gasteiger partial charge >= 0.3 is 5.57 Å². The summed E-state index contributed by atoms with van der Waals surface area (Å²) in [6.07, 6.45) is 2.27. The summed E-state index contributed by atoms with van der Waals surface area (Å²) in [7, 11) is 0. The second-order valence-electron chi connectivity index (χ2n) is 7.39. The summed E-state index contributed by atoms with van der Waals surface area (Å²) in [5.41, 5.74) is 0.751. The van der Waals surface area contributed by atoms with Crippen LogP contribution in [-0.2, 0) is 0 Å². The molecule has 31 heavy (non-hydrogen) atoms. The van der Waals surface area contributed by atoms with Gasteiger partial charge in [0.05, 0.1) is 5.69 Å². The third-order valence-electron chi connectivity index (χ3n) is 5.03. The Morgan fingerprint density at radius 1 is 1.16 bits per heavy atom. The number of ether oxygens (including phenoxy) is 1. The predicted octanol–water partition coefficient (Wildman–Crippen LogP) is 5.41. The zero-order chi connectivity index (χ0) is 22.0. The Kier molecular flexibility index (Phi) is 5.82. The third kappa shape index (κ3) is 5.14. The molecule has 1 aliphatic rings. The molecule has 2 aromatic carbocycles. The van der Waals surface area contributed by atoms with Crippen LogP contribution in [-0.4, -0.2) is 34.8 Å². The van der Waals surface area contributed by atoms with Gasteiger partial charge in [-0.05, 0) is 68.3 Å². The summed E-state index contributed by atoms with van der Waals surface area (Å²) >= 11 is 4.76. The van der Waals surface area contributed by atoms with Crippen molar-refractivity contribution < 1.29 is 18.3 Å². The van der Waals surface area contributed by atoms with Gasteiger partial charge in [-0.3, -0.25) is 9.89 Å². The van der Waals surface area contributed by atoms with E-state index in [0.717, 1.165) is 48.6 Å². The van der Waals surface area contributed by atoms with E-state index in [9.17, 15) is 13.6 Å². The van der Waals surface area contributed by atoms with Gasteiger partial charge in [-0.15, -0.1) is 8.78 Å². The van der Waals surface area contributed by atoms with Crippen molar-refractivity contribution in [3.8, 4) is 17.0 Å². The smallest absolute Gasteiger partial charge is 0.420 e. The SMILES string of the molecule is Cc1cc(-c2cc(C(=O)Nc3ccc(OC(F)(F)Cl)cc3)ccc2N2CCCC2)n[nH]1. The molecule has 0 radical (unpaired) electrons. The number of carbonyl (C=O) groups is 1. The van der Waals surface area contributed by atoms with Crippen molar-refractivity contribution in [2.75, 3.05) is 23.3 Å². The number of hydrogen-bond acceptors (Lipinski definition) is 4. The summed E-state index contributed by atoms with van der Waals surface area (Å²) in [6, 6.07) is 13.0. The molecule has 1 amide bonds. The molecular formula is C22H21ClF2N4O2. The highest BCUT2D eigenvalue weighted by molar-refractivity contribution is 6.20. The van der Waals surface area contributed by atoms with Crippen LogP contribution >= 0.6 is 11.6 Å². The molecule has 3 aromatic rings. The van der Waals surface area contributed by atoms with Crippen LogP contribution in [0.1, 0.15) is 28.9 Å². The van der Waals surface area contributed by atoms with Crippen LogP contribution in [0.25, 0.3) is 11.3 Å². The normalized spacial score (nSPS) is 14.0. The molecule has 0 spiro atoms. The molecule has 1 aromatic heterocycles. The molecule has 2 heterocycles. The van der Waals surface area contributed by atoms with E-state index in [1.165, 1.54) is 24.3 Å². The summed E-state index contributed by atoms with van der Waals surface area (Å²) in [4.78, 5) is 15.1. The molecule has 2 N–H and O–H groups in total. The van der Waals surface area contributed by atoms with Crippen molar-refractivity contribution in [1.82, 2.24) is 10.2 Å². The zero-order valence-corrected chi connectivity index (χ0v) is 17.5. The van der Waals surface area contributed by atoms with Gasteiger partial charge < -0.3 is 15.0 Å². The lowest BCUT2D eigenvalue weighted by atomic mass is 10.0. The first-order valence-electron chi connectivity index (χ1n) is 9.87. The molecule has 1 saturated heterocycles. The van der Waals surface area contributed by atoms with Crippen molar-refractivity contribution in [3.05, 3.63) is 59.8 Å². The lowest BCUT2D eigenvalue weighted by Crippen LogP contribution is -2.19. The van der Waals surface area contributed by atoms with Crippen LogP contribution in [0.5, 0.6) is 5.75 Å². The maximum Gasteiger partial charge on any atom is 0.487 e. The Labute approximate surface area is 183 Å². The number of benzene rings is 2. The van der Waals surface area contributed by atoms with Gasteiger partial charge in [0, 0.05) is 52.9 Å². The highest BCUT2D eigenvalue weighted by Gasteiger charge is 2.27. The van der Waals surface area contributed by atoms with Gasteiger partial charge in [-0.2, -0.15) is 5.10 Å². The van der Waals surface area contributed by atoms with Crippen LogP contribution in [0.3, 0.4) is 0 Å². The van der Waals surface area contributed by atoms with E-state index < -0.39 is 5.57 Å². The van der Waals surface area contributed by atoms with Crippen LogP contribution in [0.15, 0.2) is 48.5 Å². The Bertz CT molecular complexity index is 1070. The minimum Gasteiger partial charge on any atom is -0.420 e. The summed E-state index contributed by atoms with van der Waals surface area (Å²) in [5.74, 6) is -0.429. The Balaban J connectivity index is 1.57. The molecule has 0 aliphatic carbocycles. The first-order valence-corrected chi connectivity index (χ1v) is 10.2. The molecule has 6 nitrogen and oxygen atoms in total. The number of amides is 1. The van der Waals surface area contributed by atoms with Crippen LogP contribution in [0.2, 0.25) is 0 Å². The van der Waals surface area contributed by atoms with E-state index >= 15 is 0 Å². The molecule has 0 atom stereocenters. The van der Waals surface area contributed by atoms with Gasteiger partial charge in [0.15, 0.2) is 0 Å². The molecule has 9 heteroatoms. The van der Waals surface area contributed by atoms with E-state index in [-0.39, 0.29) is 11.7 Å². The molecular weight excluding hydrogens is 426 g/mol. The topological polar surface area (TPSA) is 70.2 Å². The third-order valence-corrected chi connectivity index (χ3v) is 5.11. The van der Waals surface area contributed by atoms with Gasteiger partial charge in [0.2, 0.25) is 0 Å². The monoisotopic (exact) mass is 446 g/mol. The van der Waals surface area contributed by atoms with E-state index in [2.05, 4.69) is 25.2 Å². The first-order chi connectivity index (χ1) is 14.8. The number of anilines is 2. The Hall–Kier alpha value is -3.13. The molecule has 1 fully saturated rings. The first kappa shape index (κ1) is 21.1. The van der Waals surface area contributed by atoms with E-state index in [1.54, 1.807) is 6.07 Å². The minimum absolute atomic E-state index is 0.107. The van der Waals surface area contributed by atoms with Gasteiger partial charge in [-0.25, -0.2) is 0 Å². The van der Waals surface area contributed by atoms with E-state index in [1.807, 2.05) is 25.1 Å². The number of rotatable bonds is 6. The quantitative estimate of drug-likeness (QED) is 0.497. The number of aryl methyl sites for hydroxylation is 1. The molecule has 1 aliphatic heterocycles. The van der Waals surface area contributed by atoms with Crippen molar-refractivity contribution in [1.29, 1.82) is 0 Å². The minimum atomic E-state index is -3.79. The number of halogens is 3. The molecule has 4 rings (SSSR count). The van der Waals surface area contributed by atoms with Crippen LogP contribution < -0.4 is 15.0 Å². The lowest BCUT2D eigenvalue weighted by Gasteiger charge is -2.21. The van der Waals surface area contributed by atoms with Crippen LogP contribution in [0, 0.1) is 6.92 Å². The maximum absolute atomic E-state index is 12.8. The fourth-order valence-corrected chi connectivity index (χ4v) is 3.70. The van der Waals surface area contributed by atoms with Crippen molar-refractivity contribution >= 4 is 28.9 Å². The number of aromatic amines is 1. The fraction of sp³-hybridized carbons (Fsp3) is 0.273. The van der Waals surface area contributed by atoms with Crippen LogP contribution in [0.4, 0.5) is 20.2 Å². The highest BCUT2D eigenvalue weighted by Crippen LogP contribution is 2.33. The highest BCUT2D eigenvalue weighted by atomic mass is 35.5. The van der Waals surface area contributed by atoms with Crippen molar-refractivity contribution in [2.45, 2.75) is 25.3 Å². The Morgan fingerprint density at radius 2 is 1.87 bits per heavy atom. The fourth-order valence-electron chi connectivity index (χ4n) is 3.62. The average Bonchev–Trinajstić information content (AvgIpc) is 3.40. The second-order valence-corrected chi connectivity index (χ2v) is 7.83. The number of aromatic nitrogens is 2. The molecule has 0 unspecified atom stereocenters. The van der Waals surface area contributed by atoms with Crippen molar-refractivity contribution in [2.24, 2.45) is 0 Å². The summed E-state index contributed by atoms with van der Waals surface area (Å²) in [5, 5.41) is 10.1. The number of nitrogens with zero attached hydrogens (tertiary/aromatic N) is 2. The Morgan fingerprint density at radius 3 is 2.48 bits per heavy atom. The van der Waals surface area contributed by atoms with Gasteiger partial charge in [-0.1, -0.05) is 0 Å². The molecule has 0 bridgehead atoms. The summed E-state index contributed by atoms with van der Waals surface area (Å²) < 4.78 is 29.7. The largest absolute Gasteiger partial charge is 0.487 e. The zero-order valence-electron chi connectivity index (χ0n) is 16.8. The van der Waals surface area contributed by atoms with Gasteiger partial charge in [0.25, 0.3) is 5.91 Å². The number of H-pyrrole nitrogens is 1. The lowest BCUT2D eigenvalue weighted by molar-refractivity contribution is -0.0964. The maximum atomic E-state index is 12.8. The van der Waals surface area contributed by atoms with E-state index in [0.29, 0.717) is 11.3 Å². The number of hydrogen-bond donors (Lipinski definition) is 2. The van der Waals surface area contributed by atoms with Crippen molar-refractivity contribution in [3.63, 3.8) is 0 Å². The van der Waals surface area contributed by atoms with Gasteiger partial charge in [0.1, 0.15) is 5.75 Å². The average molecular weight is 447 g/mol. The number of nitrogens with one attached hydrogen (secondary N) is 2. The van der Waals surface area contributed by atoms with E-state index in [4.69, 9.17) is 11.6 Å². The second kappa shape index (κ2) is 8.55. The molecule has 0 saturated carbocycles. The molecule has 162 valence electrons. The summed E-state index contributed by atoms with van der Waals surface area (Å²) in [6.45, 7) is 3.87. The predicted molar refractivity (Wildman–Crippen MR) is 116 cm³/mol.